The molecule has 0 aromatic heterocycles. The quantitative estimate of drug-likeness (QED) is 0.896. The Hall–Kier alpha value is -1.62. The van der Waals surface area contributed by atoms with E-state index >= 15 is 0 Å². The second-order valence-corrected chi connectivity index (χ2v) is 4.69. The van der Waals surface area contributed by atoms with Crippen molar-refractivity contribution in [2.24, 2.45) is 0 Å². The van der Waals surface area contributed by atoms with Crippen molar-refractivity contribution in [2.45, 2.75) is 19.4 Å². The maximum atomic E-state index is 13.4. The van der Waals surface area contributed by atoms with E-state index in [2.05, 4.69) is 5.32 Å². The molecule has 1 saturated heterocycles. The minimum absolute atomic E-state index is 0.0605. The van der Waals surface area contributed by atoms with Crippen molar-refractivity contribution in [1.29, 1.82) is 0 Å². The maximum absolute atomic E-state index is 13.4. The van der Waals surface area contributed by atoms with E-state index in [-0.39, 0.29) is 24.2 Å². The Morgan fingerprint density at radius 2 is 2.11 bits per heavy atom. The van der Waals surface area contributed by atoms with Crippen LogP contribution >= 0.6 is 0 Å². The van der Waals surface area contributed by atoms with Crippen molar-refractivity contribution < 1.29 is 13.9 Å². The van der Waals surface area contributed by atoms with E-state index in [9.17, 15) is 9.18 Å². The number of hydrogen-bond acceptors (Lipinski definition) is 3. The normalized spacial score (nSPS) is 17.1. The van der Waals surface area contributed by atoms with Gasteiger partial charge in [-0.25, -0.2) is 4.39 Å². The smallest absolute Gasteiger partial charge is 0.226 e. The summed E-state index contributed by atoms with van der Waals surface area (Å²) in [7, 11) is 0. The highest BCUT2D eigenvalue weighted by atomic mass is 19.1. The molecule has 0 radical (unpaired) electrons. The van der Waals surface area contributed by atoms with E-state index in [0.29, 0.717) is 0 Å². The van der Waals surface area contributed by atoms with Crippen LogP contribution in [-0.4, -0.2) is 43.1 Å². The molecule has 1 aliphatic heterocycles. The molecule has 1 amide bonds. The highest BCUT2D eigenvalue weighted by molar-refractivity contribution is 5.76. The number of nitrogens with zero attached hydrogens (tertiary/aromatic N) is 1. The van der Waals surface area contributed by atoms with Crippen LogP contribution < -0.4 is 10.1 Å². The van der Waals surface area contributed by atoms with Gasteiger partial charge in [-0.3, -0.25) is 4.79 Å². The Bertz CT molecular complexity index is 433. The second-order valence-electron chi connectivity index (χ2n) is 4.69. The maximum Gasteiger partial charge on any atom is 0.226 e. The third-order valence-corrected chi connectivity index (χ3v) is 3.10. The van der Waals surface area contributed by atoms with Gasteiger partial charge >= 0.3 is 0 Å². The molecule has 2 rings (SSSR count). The largest absolute Gasteiger partial charge is 0.487 e. The number of carbonyl (C=O) groups is 1. The minimum atomic E-state index is -0.399. The molecule has 1 aliphatic rings. The van der Waals surface area contributed by atoms with Crippen LogP contribution in [0.25, 0.3) is 0 Å². The van der Waals surface area contributed by atoms with Crippen molar-refractivity contribution in [3.05, 3.63) is 30.1 Å². The van der Waals surface area contributed by atoms with Crippen molar-refractivity contribution in [3.63, 3.8) is 0 Å². The molecule has 0 saturated carbocycles. The summed E-state index contributed by atoms with van der Waals surface area (Å²) in [4.78, 5) is 13.8. The lowest BCUT2D eigenvalue weighted by Gasteiger charge is -2.28. The fourth-order valence-electron chi connectivity index (χ4n) is 2.09. The van der Waals surface area contributed by atoms with Crippen LogP contribution in [0, 0.1) is 5.82 Å². The number of ether oxygens (including phenoxy) is 1. The first-order valence-corrected chi connectivity index (χ1v) is 6.56. The van der Waals surface area contributed by atoms with Crippen molar-refractivity contribution >= 4 is 5.91 Å². The van der Waals surface area contributed by atoms with E-state index in [4.69, 9.17) is 4.74 Å². The van der Waals surface area contributed by atoms with E-state index < -0.39 is 5.82 Å². The van der Waals surface area contributed by atoms with Gasteiger partial charge in [0.15, 0.2) is 11.6 Å². The molecule has 5 heteroatoms. The van der Waals surface area contributed by atoms with Crippen LogP contribution in [0.4, 0.5) is 4.39 Å². The van der Waals surface area contributed by atoms with Crippen molar-refractivity contribution in [3.8, 4) is 5.75 Å². The summed E-state index contributed by atoms with van der Waals surface area (Å²) in [6.45, 7) is 4.89. The lowest BCUT2D eigenvalue weighted by molar-refractivity contribution is -0.133. The molecule has 1 atom stereocenters. The highest BCUT2D eigenvalue weighted by Crippen LogP contribution is 2.18. The number of hydrogen-bond donors (Lipinski definition) is 1. The van der Waals surface area contributed by atoms with Gasteiger partial charge in [0.05, 0.1) is 6.42 Å². The molecule has 1 aromatic rings. The average Bonchev–Trinajstić information content (AvgIpc) is 2.42. The highest BCUT2D eigenvalue weighted by Gasteiger charge is 2.19. The molecule has 1 unspecified atom stereocenters. The molecule has 104 valence electrons. The number of rotatable bonds is 4. The first-order chi connectivity index (χ1) is 9.16. The van der Waals surface area contributed by atoms with Gasteiger partial charge in [0.2, 0.25) is 5.91 Å². The summed E-state index contributed by atoms with van der Waals surface area (Å²) >= 11 is 0. The number of piperazine rings is 1. The topological polar surface area (TPSA) is 41.6 Å². The predicted molar refractivity (Wildman–Crippen MR) is 70.6 cm³/mol. The van der Waals surface area contributed by atoms with Crippen LogP contribution in [0.2, 0.25) is 0 Å². The van der Waals surface area contributed by atoms with Gasteiger partial charge in [-0.1, -0.05) is 12.1 Å². The van der Waals surface area contributed by atoms with Gasteiger partial charge in [-0.05, 0) is 19.1 Å². The van der Waals surface area contributed by atoms with Crippen molar-refractivity contribution in [1.82, 2.24) is 10.2 Å². The summed E-state index contributed by atoms with van der Waals surface area (Å²) in [5.74, 6) is -0.141. The SMILES string of the molecule is CC(CC(=O)N1CCNCC1)Oc1ccccc1F. The zero-order valence-corrected chi connectivity index (χ0v) is 11.1. The van der Waals surface area contributed by atoms with Crippen LogP contribution in [0.5, 0.6) is 5.75 Å². The lowest BCUT2D eigenvalue weighted by Crippen LogP contribution is -2.47. The molecule has 1 N–H and O–H groups in total. The molecule has 1 heterocycles. The molecule has 1 fully saturated rings. The van der Waals surface area contributed by atoms with E-state index in [0.717, 1.165) is 26.2 Å². The van der Waals surface area contributed by atoms with Crippen LogP contribution in [0.15, 0.2) is 24.3 Å². The predicted octanol–water partition coefficient (Wildman–Crippen LogP) is 1.41. The number of nitrogens with one attached hydrogen (secondary N) is 1. The molecular weight excluding hydrogens is 247 g/mol. The van der Waals surface area contributed by atoms with E-state index in [1.165, 1.54) is 6.07 Å². The third-order valence-electron chi connectivity index (χ3n) is 3.10. The molecule has 1 aromatic carbocycles. The summed E-state index contributed by atoms with van der Waals surface area (Å²) in [6.07, 6.45) is -0.0618. The summed E-state index contributed by atoms with van der Waals surface area (Å²) in [6, 6.07) is 6.24. The first-order valence-electron chi connectivity index (χ1n) is 6.56. The van der Waals surface area contributed by atoms with Gasteiger partial charge in [0, 0.05) is 26.2 Å². The number of halogens is 1. The van der Waals surface area contributed by atoms with Gasteiger partial charge < -0.3 is 15.0 Å². The minimum Gasteiger partial charge on any atom is -0.487 e. The molecule has 0 aliphatic carbocycles. The number of para-hydroxylation sites is 1. The van der Waals surface area contributed by atoms with E-state index in [1.807, 2.05) is 4.90 Å². The molecule has 19 heavy (non-hydrogen) atoms. The summed E-state index contributed by atoms with van der Waals surface area (Å²) in [5, 5.41) is 3.20. The second kappa shape index (κ2) is 6.52. The van der Waals surface area contributed by atoms with Crippen molar-refractivity contribution in [2.75, 3.05) is 26.2 Å². The fourth-order valence-corrected chi connectivity index (χ4v) is 2.09. The van der Waals surface area contributed by atoms with Gasteiger partial charge in [0.25, 0.3) is 0 Å². The zero-order valence-electron chi connectivity index (χ0n) is 11.1. The lowest BCUT2D eigenvalue weighted by atomic mass is 10.2. The Labute approximate surface area is 112 Å². The Balaban J connectivity index is 1.85. The van der Waals surface area contributed by atoms with Gasteiger partial charge in [0.1, 0.15) is 6.10 Å². The van der Waals surface area contributed by atoms with Crippen LogP contribution in [-0.2, 0) is 4.79 Å². The number of benzene rings is 1. The Morgan fingerprint density at radius 3 is 2.79 bits per heavy atom. The molecule has 4 nitrogen and oxygen atoms in total. The standard InChI is InChI=1S/C14H19FN2O2/c1-11(19-13-5-3-2-4-12(13)15)10-14(18)17-8-6-16-7-9-17/h2-5,11,16H,6-10H2,1H3. The molecular formula is C14H19FN2O2. The zero-order chi connectivity index (χ0) is 13.7. The monoisotopic (exact) mass is 266 g/mol. The Kier molecular flexibility index (Phi) is 4.74. The van der Waals surface area contributed by atoms with Gasteiger partial charge in [-0.15, -0.1) is 0 Å². The molecule has 0 spiro atoms. The number of amides is 1. The van der Waals surface area contributed by atoms with Gasteiger partial charge in [-0.2, -0.15) is 0 Å². The van der Waals surface area contributed by atoms with E-state index in [1.54, 1.807) is 25.1 Å². The third kappa shape index (κ3) is 3.92. The average molecular weight is 266 g/mol. The summed E-state index contributed by atoms with van der Waals surface area (Å²) < 4.78 is 18.9. The fraction of sp³-hybridized carbons (Fsp3) is 0.500. The van der Waals surface area contributed by atoms with Crippen LogP contribution in [0.3, 0.4) is 0 Å². The first kappa shape index (κ1) is 13.8. The van der Waals surface area contributed by atoms with Crippen LogP contribution in [0.1, 0.15) is 13.3 Å². The summed E-state index contributed by atoms with van der Waals surface area (Å²) in [5.41, 5.74) is 0. The number of carbonyl (C=O) groups excluding carboxylic acids is 1. The Morgan fingerprint density at radius 1 is 1.42 bits per heavy atom. The molecule has 0 bridgehead atoms.